The van der Waals surface area contributed by atoms with Crippen LogP contribution >= 0.6 is 0 Å². The molecular formula is C13H26F2O3. The van der Waals surface area contributed by atoms with E-state index in [1.54, 1.807) is 0 Å². The van der Waals surface area contributed by atoms with E-state index in [1.165, 1.54) is 21.3 Å². The van der Waals surface area contributed by atoms with Crippen molar-refractivity contribution < 1.29 is 23.0 Å². The highest BCUT2D eigenvalue weighted by molar-refractivity contribution is 4.73. The van der Waals surface area contributed by atoms with Gasteiger partial charge in [-0.25, -0.2) is 8.78 Å². The van der Waals surface area contributed by atoms with Crippen LogP contribution in [0.3, 0.4) is 0 Å². The van der Waals surface area contributed by atoms with Crippen LogP contribution in [0.4, 0.5) is 8.78 Å². The fraction of sp³-hybridized carbons (Fsp3) is 1.00. The number of halogens is 2. The van der Waals surface area contributed by atoms with Gasteiger partial charge in [-0.05, 0) is 6.42 Å². The zero-order chi connectivity index (χ0) is 14.0. The van der Waals surface area contributed by atoms with E-state index in [4.69, 9.17) is 14.2 Å². The number of unbranched alkanes of at least 4 members (excludes halogenated alkanes) is 4. The van der Waals surface area contributed by atoms with Crippen LogP contribution in [0.2, 0.25) is 0 Å². The maximum absolute atomic E-state index is 13.1. The summed E-state index contributed by atoms with van der Waals surface area (Å²) in [6.45, 7) is 2.12. The Balaban J connectivity index is 4.36. The molecule has 0 saturated heterocycles. The number of methoxy groups -OCH3 is 3. The lowest BCUT2D eigenvalue weighted by Crippen LogP contribution is -2.47. The van der Waals surface area contributed by atoms with Gasteiger partial charge < -0.3 is 14.2 Å². The van der Waals surface area contributed by atoms with Gasteiger partial charge in [0.15, 0.2) is 0 Å². The number of hydrogen-bond acceptors (Lipinski definition) is 3. The van der Waals surface area contributed by atoms with Crippen molar-refractivity contribution in [3.63, 3.8) is 0 Å². The summed E-state index contributed by atoms with van der Waals surface area (Å²) in [5, 5.41) is 0. The van der Waals surface area contributed by atoms with E-state index in [-0.39, 0.29) is 0 Å². The fourth-order valence-corrected chi connectivity index (χ4v) is 2.13. The fourth-order valence-electron chi connectivity index (χ4n) is 2.13. The third-order valence-electron chi connectivity index (χ3n) is 3.23. The molecule has 0 spiro atoms. The molecule has 0 heterocycles. The molecule has 0 radical (unpaired) electrons. The van der Waals surface area contributed by atoms with Crippen LogP contribution in [0.25, 0.3) is 0 Å². The summed E-state index contributed by atoms with van der Waals surface area (Å²) < 4.78 is 41.2. The standard InChI is InChI=1S/C13H26F2O3/c1-5-6-7-8-9-10-11(12(14)15)13(16-2,17-3)18-4/h11-12H,5-10H2,1-4H3. The Morgan fingerprint density at radius 3 is 1.78 bits per heavy atom. The summed E-state index contributed by atoms with van der Waals surface area (Å²) in [4.78, 5) is 0. The molecule has 0 aliphatic carbocycles. The van der Waals surface area contributed by atoms with Crippen LogP contribution in [0.1, 0.15) is 45.4 Å². The van der Waals surface area contributed by atoms with Crippen molar-refractivity contribution in [3.8, 4) is 0 Å². The van der Waals surface area contributed by atoms with Crippen LogP contribution in [-0.2, 0) is 14.2 Å². The monoisotopic (exact) mass is 268 g/mol. The molecule has 0 aromatic heterocycles. The molecule has 1 atom stereocenters. The lowest BCUT2D eigenvalue weighted by molar-refractivity contribution is -0.391. The Morgan fingerprint density at radius 2 is 1.39 bits per heavy atom. The molecule has 0 amide bonds. The summed E-state index contributed by atoms with van der Waals surface area (Å²) in [5.74, 6) is -2.71. The van der Waals surface area contributed by atoms with Gasteiger partial charge in [0.2, 0.25) is 6.43 Å². The SMILES string of the molecule is CCCCCCCC(C(F)F)C(OC)(OC)OC. The Bertz CT molecular complexity index is 188. The van der Waals surface area contributed by atoms with Gasteiger partial charge in [0.25, 0.3) is 5.97 Å². The Kier molecular flexibility index (Phi) is 9.50. The molecule has 0 aliphatic rings. The second-order valence-corrected chi connectivity index (χ2v) is 4.36. The van der Waals surface area contributed by atoms with Crippen molar-refractivity contribution in [2.45, 2.75) is 57.8 Å². The summed E-state index contributed by atoms with van der Waals surface area (Å²) >= 11 is 0. The maximum Gasteiger partial charge on any atom is 0.290 e. The highest BCUT2D eigenvalue weighted by atomic mass is 19.3. The van der Waals surface area contributed by atoms with Gasteiger partial charge >= 0.3 is 0 Å². The minimum atomic E-state index is -2.53. The van der Waals surface area contributed by atoms with Crippen molar-refractivity contribution in [1.82, 2.24) is 0 Å². The summed E-state index contributed by atoms with van der Waals surface area (Å²) in [6.07, 6.45) is 2.83. The first-order chi connectivity index (χ1) is 8.57. The van der Waals surface area contributed by atoms with Gasteiger partial charge in [-0.1, -0.05) is 39.0 Å². The lowest BCUT2D eigenvalue weighted by Gasteiger charge is -2.35. The van der Waals surface area contributed by atoms with Crippen LogP contribution in [0.5, 0.6) is 0 Å². The third kappa shape index (κ3) is 5.16. The van der Waals surface area contributed by atoms with Crippen LogP contribution in [0, 0.1) is 5.92 Å². The molecular weight excluding hydrogens is 242 g/mol. The number of hydrogen-bond donors (Lipinski definition) is 0. The van der Waals surface area contributed by atoms with Crippen molar-refractivity contribution >= 4 is 0 Å². The zero-order valence-corrected chi connectivity index (χ0v) is 11.9. The van der Waals surface area contributed by atoms with Gasteiger partial charge in [-0.2, -0.15) is 0 Å². The molecule has 0 rings (SSSR count). The molecule has 0 aromatic carbocycles. The van der Waals surface area contributed by atoms with Gasteiger partial charge in [0.05, 0.1) is 0 Å². The van der Waals surface area contributed by atoms with Crippen molar-refractivity contribution in [2.24, 2.45) is 5.92 Å². The Hall–Kier alpha value is -0.260. The van der Waals surface area contributed by atoms with Gasteiger partial charge in [-0.15, -0.1) is 0 Å². The molecule has 110 valence electrons. The summed E-state index contributed by atoms with van der Waals surface area (Å²) in [5.41, 5.74) is 0. The predicted octanol–water partition coefficient (Wildman–Crippen LogP) is 3.82. The molecule has 1 unspecified atom stereocenters. The van der Waals surface area contributed by atoms with E-state index in [0.717, 1.165) is 32.1 Å². The number of alkyl halides is 2. The number of ether oxygens (including phenoxy) is 3. The first-order valence-electron chi connectivity index (χ1n) is 6.51. The second kappa shape index (κ2) is 9.64. The molecule has 0 aliphatic heterocycles. The lowest BCUT2D eigenvalue weighted by atomic mass is 9.98. The van der Waals surface area contributed by atoms with E-state index in [2.05, 4.69) is 6.92 Å². The largest absolute Gasteiger partial charge is 0.330 e. The van der Waals surface area contributed by atoms with Crippen LogP contribution in [0.15, 0.2) is 0 Å². The molecule has 0 aromatic rings. The first-order valence-corrected chi connectivity index (χ1v) is 6.51. The van der Waals surface area contributed by atoms with Crippen molar-refractivity contribution in [1.29, 1.82) is 0 Å². The molecule has 3 nitrogen and oxygen atoms in total. The maximum atomic E-state index is 13.1. The number of rotatable bonds is 11. The average molecular weight is 268 g/mol. The van der Waals surface area contributed by atoms with E-state index < -0.39 is 18.3 Å². The summed E-state index contributed by atoms with van der Waals surface area (Å²) in [7, 11) is 3.96. The van der Waals surface area contributed by atoms with Crippen LogP contribution in [-0.4, -0.2) is 33.7 Å². The minimum Gasteiger partial charge on any atom is -0.330 e. The summed E-state index contributed by atoms with van der Waals surface area (Å²) in [6, 6.07) is 0. The predicted molar refractivity (Wildman–Crippen MR) is 66.6 cm³/mol. The topological polar surface area (TPSA) is 27.7 Å². The molecule has 0 fully saturated rings. The van der Waals surface area contributed by atoms with Crippen molar-refractivity contribution in [3.05, 3.63) is 0 Å². The average Bonchev–Trinajstić information content (AvgIpc) is 2.38. The molecule has 5 heteroatoms. The first kappa shape index (κ1) is 17.7. The van der Waals surface area contributed by atoms with Gasteiger partial charge in [-0.3, -0.25) is 0 Å². The van der Waals surface area contributed by atoms with E-state index in [9.17, 15) is 8.78 Å². The Labute approximate surface area is 109 Å². The molecule has 0 saturated carbocycles. The van der Waals surface area contributed by atoms with Gasteiger partial charge in [0, 0.05) is 21.3 Å². The zero-order valence-electron chi connectivity index (χ0n) is 11.9. The van der Waals surface area contributed by atoms with Crippen LogP contribution < -0.4 is 0 Å². The highest BCUT2D eigenvalue weighted by Gasteiger charge is 2.45. The second-order valence-electron chi connectivity index (χ2n) is 4.36. The Morgan fingerprint density at radius 1 is 0.889 bits per heavy atom. The smallest absolute Gasteiger partial charge is 0.290 e. The highest BCUT2D eigenvalue weighted by Crippen LogP contribution is 2.33. The quantitative estimate of drug-likeness (QED) is 0.421. The molecule has 0 N–H and O–H groups in total. The van der Waals surface area contributed by atoms with E-state index in [1.807, 2.05) is 0 Å². The van der Waals surface area contributed by atoms with E-state index >= 15 is 0 Å². The molecule has 0 bridgehead atoms. The molecule has 18 heavy (non-hydrogen) atoms. The van der Waals surface area contributed by atoms with Gasteiger partial charge in [0.1, 0.15) is 5.92 Å². The third-order valence-corrected chi connectivity index (χ3v) is 3.23. The minimum absolute atomic E-state index is 0.330. The van der Waals surface area contributed by atoms with Crippen molar-refractivity contribution in [2.75, 3.05) is 21.3 Å². The van der Waals surface area contributed by atoms with E-state index in [0.29, 0.717) is 6.42 Å². The normalized spacial score (nSPS) is 14.2.